The number of nitrogens with zero attached hydrogens (tertiary/aromatic N) is 2. The highest BCUT2D eigenvalue weighted by molar-refractivity contribution is 7.90. The third kappa shape index (κ3) is 7.41. The Morgan fingerprint density at radius 2 is 1.48 bits per heavy atom. The van der Waals surface area contributed by atoms with E-state index in [9.17, 15) is 13.2 Å². The average molecular weight is 451 g/mol. The van der Waals surface area contributed by atoms with Crippen molar-refractivity contribution in [3.05, 3.63) is 29.8 Å². The van der Waals surface area contributed by atoms with E-state index in [4.69, 9.17) is 4.74 Å². The molecular formula is C24H38N2O4S. The van der Waals surface area contributed by atoms with E-state index < -0.39 is 15.4 Å². The van der Waals surface area contributed by atoms with Gasteiger partial charge in [-0.1, -0.05) is 12.1 Å². The number of hydrogen-bond donors (Lipinski definition) is 0. The number of amides is 1. The minimum Gasteiger partial charge on any atom is -0.444 e. The number of carbonyl (C=O) groups excluding carboxylic acids is 1. The molecule has 2 aliphatic rings. The first-order chi connectivity index (χ1) is 14.5. The van der Waals surface area contributed by atoms with E-state index in [2.05, 4.69) is 29.2 Å². The van der Waals surface area contributed by atoms with Gasteiger partial charge in [0.25, 0.3) is 0 Å². The summed E-state index contributed by atoms with van der Waals surface area (Å²) in [6, 6.07) is 8.35. The maximum atomic E-state index is 12.3. The molecule has 0 bridgehead atoms. The molecule has 0 atom stereocenters. The predicted octanol–water partition coefficient (Wildman–Crippen LogP) is 4.14. The van der Waals surface area contributed by atoms with Crippen LogP contribution >= 0.6 is 0 Å². The summed E-state index contributed by atoms with van der Waals surface area (Å²) in [6.07, 6.45) is 6.19. The third-order valence-corrected chi connectivity index (χ3v) is 7.41. The molecule has 0 radical (unpaired) electrons. The van der Waals surface area contributed by atoms with Crippen molar-refractivity contribution < 1.29 is 17.9 Å². The van der Waals surface area contributed by atoms with Gasteiger partial charge in [-0.3, -0.25) is 0 Å². The Morgan fingerprint density at radius 3 is 1.97 bits per heavy atom. The molecular weight excluding hydrogens is 412 g/mol. The number of hydrogen-bond acceptors (Lipinski definition) is 5. The van der Waals surface area contributed by atoms with Crippen molar-refractivity contribution in [2.75, 3.05) is 43.1 Å². The van der Waals surface area contributed by atoms with Crippen LogP contribution in [0.5, 0.6) is 0 Å². The number of carbonyl (C=O) groups is 1. The summed E-state index contributed by atoms with van der Waals surface area (Å²) in [6.45, 7) is 9.44. The van der Waals surface area contributed by atoms with Gasteiger partial charge in [-0.25, -0.2) is 13.2 Å². The molecule has 0 aromatic heterocycles. The summed E-state index contributed by atoms with van der Waals surface area (Å²) >= 11 is 0. The summed E-state index contributed by atoms with van der Waals surface area (Å²) in [4.78, 5) is 16.6. The minimum absolute atomic E-state index is 0.180. The summed E-state index contributed by atoms with van der Waals surface area (Å²) in [7, 11) is -2.93. The molecule has 7 heteroatoms. The van der Waals surface area contributed by atoms with Crippen molar-refractivity contribution in [3.63, 3.8) is 0 Å². The molecule has 2 saturated heterocycles. The smallest absolute Gasteiger partial charge is 0.410 e. The molecule has 0 aliphatic carbocycles. The van der Waals surface area contributed by atoms with Gasteiger partial charge in [0, 0.05) is 38.1 Å². The maximum Gasteiger partial charge on any atom is 0.410 e. The Bertz CT molecular complexity index is 829. The first-order valence-electron chi connectivity index (χ1n) is 11.5. The molecule has 2 fully saturated rings. The minimum atomic E-state index is -2.93. The lowest BCUT2D eigenvalue weighted by Gasteiger charge is -2.41. The topological polar surface area (TPSA) is 66.9 Å². The van der Waals surface area contributed by atoms with E-state index in [-0.39, 0.29) is 11.8 Å². The fourth-order valence-electron chi connectivity index (χ4n) is 4.69. The zero-order valence-corrected chi connectivity index (χ0v) is 20.3. The number of aryl methyl sites for hydroxylation is 1. The number of sulfone groups is 1. The van der Waals surface area contributed by atoms with Crippen LogP contribution in [-0.2, 0) is 21.0 Å². The Kier molecular flexibility index (Phi) is 7.55. The van der Waals surface area contributed by atoms with Crippen LogP contribution in [0.4, 0.5) is 10.5 Å². The van der Waals surface area contributed by atoms with Crippen LogP contribution in [0.15, 0.2) is 24.3 Å². The average Bonchev–Trinajstić information content (AvgIpc) is 2.71. The summed E-state index contributed by atoms with van der Waals surface area (Å²) in [5.41, 5.74) is 1.86. The molecule has 2 heterocycles. The molecule has 0 unspecified atom stereocenters. The second-order valence-electron chi connectivity index (χ2n) is 10.2. The maximum absolute atomic E-state index is 12.3. The van der Waals surface area contributed by atoms with Crippen molar-refractivity contribution in [2.45, 2.75) is 58.5 Å². The molecule has 6 nitrogen and oxygen atoms in total. The monoisotopic (exact) mass is 450 g/mol. The number of rotatable bonds is 5. The van der Waals surface area contributed by atoms with Crippen LogP contribution in [0.2, 0.25) is 0 Å². The zero-order valence-electron chi connectivity index (χ0n) is 19.5. The van der Waals surface area contributed by atoms with Crippen LogP contribution in [0, 0.1) is 11.8 Å². The Balaban J connectivity index is 1.43. The molecule has 1 aromatic rings. The Morgan fingerprint density at radius 1 is 0.968 bits per heavy atom. The summed E-state index contributed by atoms with van der Waals surface area (Å²) < 4.78 is 28.2. The van der Waals surface area contributed by atoms with E-state index in [1.807, 2.05) is 25.7 Å². The molecule has 0 saturated carbocycles. The van der Waals surface area contributed by atoms with Gasteiger partial charge in [-0.15, -0.1) is 0 Å². The van der Waals surface area contributed by atoms with Gasteiger partial charge in [0.05, 0.1) is 5.75 Å². The van der Waals surface area contributed by atoms with E-state index in [0.717, 1.165) is 50.5 Å². The normalized spacial score (nSPS) is 19.5. The van der Waals surface area contributed by atoms with Gasteiger partial charge in [-0.2, -0.15) is 0 Å². The van der Waals surface area contributed by atoms with E-state index >= 15 is 0 Å². The number of likely N-dealkylation sites (tertiary alicyclic amines) is 1. The van der Waals surface area contributed by atoms with Gasteiger partial charge >= 0.3 is 6.09 Å². The second kappa shape index (κ2) is 9.80. The fourth-order valence-corrected chi connectivity index (χ4v) is 5.29. The molecule has 0 N–H and O–H groups in total. The van der Waals surface area contributed by atoms with Gasteiger partial charge in [-0.05, 0) is 82.4 Å². The lowest BCUT2D eigenvalue weighted by Crippen LogP contribution is -2.44. The molecule has 31 heavy (non-hydrogen) atoms. The highest BCUT2D eigenvalue weighted by Crippen LogP contribution is 2.34. The predicted molar refractivity (Wildman–Crippen MR) is 125 cm³/mol. The first-order valence-corrected chi connectivity index (χ1v) is 13.6. The van der Waals surface area contributed by atoms with Gasteiger partial charge in [0.15, 0.2) is 0 Å². The lowest BCUT2D eigenvalue weighted by molar-refractivity contribution is 0.0152. The Hall–Kier alpha value is -1.76. The quantitative estimate of drug-likeness (QED) is 0.675. The third-order valence-electron chi connectivity index (χ3n) is 6.46. The number of benzene rings is 1. The molecule has 3 rings (SSSR count). The highest BCUT2D eigenvalue weighted by atomic mass is 32.2. The lowest BCUT2D eigenvalue weighted by atomic mass is 9.79. The van der Waals surface area contributed by atoms with Crippen molar-refractivity contribution in [3.8, 4) is 0 Å². The van der Waals surface area contributed by atoms with Gasteiger partial charge in [0.1, 0.15) is 15.4 Å². The summed E-state index contributed by atoms with van der Waals surface area (Å²) in [5.74, 6) is 1.62. The Labute approximate surface area is 187 Å². The van der Waals surface area contributed by atoms with E-state index in [0.29, 0.717) is 12.3 Å². The molecule has 0 spiro atoms. The van der Waals surface area contributed by atoms with Crippen LogP contribution in [-0.4, -0.2) is 63.2 Å². The first kappa shape index (κ1) is 23.9. The number of piperidine rings is 2. The van der Waals surface area contributed by atoms with Crippen LogP contribution < -0.4 is 4.90 Å². The van der Waals surface area contributed by atoms with Gasteiger partial charge in [0.2, 0.25) is 0 Å². The van der Waals surface area contributed by atoms with Crippen LogP contribution in [0.25, 0.3) is 0 Å². The molecule has 174 valence electrons. The number of ether oxygens (including phenoxy) is 1. The second-order valence-corrected chi connectivity index (χ2v) is 12.4. The van der Waals surface area contributed by atoms with Gasteiger partial charge < -0.3 is 14.5 Å². The zero-order chi connectivity index (χ0) is 22.6. The fraction of sp³-hybridized carbons (Fsp3) is 0.708. The van der Waals surface area contributed by atoms with Crippen molar-refractivity contribution in [1.82, 2.24) is 4.90 Å². The number of anilines is 1. The standard InChI is InChI=1S/C24H38N2O4S/c1-24(2,3)30-23(27)26-16-11-21(12-17-26)20-9-14-25(15-10-20)22-7-5-19(6-8-22)13-18-31(4,28)29/h5-8,20-21H,9-18H2,1-4H3. The van der Waals surface area contributed by atoms with Crippen LogP contribution in [0.1, 0.15) is 52.0 Å². The van der Waals surface area contributed by atoms with Crippen LogP contribution in [0.3, 0.4) is 0 Å². The van der Waals surface area contributed by atoms with Crippen molar-refractivity contribution in [1.29, 1.82) is 0 Å². The largest absolute Gasteiger partial charge is 0.444 e. The highest BCUT2D eigenvalue weighted by Gasteiger charge is 2.32. The molecule has 1 aromatic carbocycles. The molecule has 2 aliphatic heterocycles. The van der Waals surface area contributed by atoms with Crippen molar-refractivity contribution in [2.24, 2.45) is 11.8 Å². The SMILES string of the molecule is CC(C)(C)OC(=O)N1CCC(C2CCN(c3ccc(CCS(C)(=O)=O)cc3)CC2)CC1. The van der Waals surface area contributed by atoms with Crippen molar-refractivity contribution >= 4 is 21.6 Å². The van der Waals surface area contributed by atoms with E-state index in [1.165, 1.54) is 24.8 Å². The summed E-state index contributed by atoms with van der Waals surface area (Å²) in [5, 5.41) is 0. The molecule has 1 amide bonds. The van der Waals surface area contributed by atoms with E-state index in [1.54, 1.807) is 0 Å².